The van der Waals surface area contributed by atoms with Crippen molar-refractivity contribution in [3.8, 4) is 0 Å². The molecule has 3 heterocycles. The lowest BCUT2D eigenvalue weighted by atomic mass is 9.96. The third-order valence-electron chi connectivity index (χ3n) is 6.05. The molecular weight excluding hydrogens is 421 g/mol. The zero-order valence-electron chi connectivity index (χ0n) is 18.3. The highest BCUT2D eigenvalue weighted by Crippen LogP contribution is 2.44. The second-order valence-corrected chi connectivity index (χ2v) is 8.21. The van der Waals surface area contributed by atoms with E-state index in [1.54, 1.807) is 16.8 Å². The van der Waals surface area contributed by atoms with Gasteiger partial charge < -0.3 is 10.6 Å². The van der Waals surface area contributed by atoms with E-state index < -0.39 is 24.2 Å². The molecule has 4 rings (SSSR count). The summed E-state index contributed by atoms with van der Waals surface area (Å²) in [5.74, 6) is -0.423. The first-order chi connectivity index (χ1) is 15.1. The number of nitrogens with one attached hydrogen (secondary N) is 2. The Balaban J connectivity index is 1.63. The van der Waals surface area contributed by atoms with Crippen LogP contribution in [0.2, 0.25) is 0 Å². The Labute approximate surface area is 183 Å². The average Bonchev–Trinajstić information content (AvgIpc) is 3.26. The van der Waals surface area contributed by atoms with Crippen LogP contribution >= 0.6 is 0 Å². The van der Waals surface area contributed by atoms with E-state index >= 15 is 0 Å². The number of alkyl halides is 3. The number of hydrogen-bond acceptors (Lipinski definition) is 4. The van der Waals surface area contributed by atoms with Crippen LogP contribution in [0.15, 0.2) is 30.5 Å². The molecule has 1 amide bonds. The highest BCUT2D eigenvalue weighted by atomic mass is 19.4. The van der Waals surface area contributed by atoms with Crippen molar-refractivity contribution in [3.63, 3.8) is 0 Å². The average molecular weight is 446 g/mol. The number of fused-ring (bicyclic) bond motifs is 1. The number of benzene rings is 1. The normalized spacial score (nSPS) is 18.2. The third kappa shape index (κ3) is 3.96. The number of carbonyl (C=O) groups is 1. The summed E-state index contributed by atoms with van der Waals surface area (Å²) in [5.41, 5.74) is 4.40. The van der Waals surface area contributed by atoms with Crippen LogP contribution in [-0.2, 0) is 13.6 Å². The van der Waals surface area contributed by atoms with Gasteiger partial charge in [0.05, 0.1) is 17.9 Å². The molecule has 0 radical (unpaired) electrons. The van der Waals surface area contributed by atoms with Crippen LogP contribution in [-0.4, -0.2) is 31.6 Å². The van der Waals surface area contributed by atoms with Crippen molar-refractivity contribution < 1.29 is 18.0 Å². The summed E-state index contributed by atoms with van der Waals surface area (Å²) < 4.78 is 44.1. The van der Waals surface area contributed by atoms with Crippen molar-refractivity contribution in [2.75, 3.05) is 5.32 Å². The van der Waals surface area contributed by atoms with Gasteiger partial charge in [-0.15, -0.1) is 0 Å². The van der Waals surface area contributed by atoms with Crippen LogP contribution in [0.3, 0.4) is 0 Å². The molecule has 1 aliphatic heterocycles. The molecular formula is C22H25F3N6O. The molecule has 1 aromatic carbocycles. The minimum atomic E-state index is -4.50. The van der Waals surface area contributed by atoms with Gasteiger partial charge in [-0.3, -0.25) is 9.48 Å². The first kappa shape index (κ1) is 21.9. The van der Waals surface area contributed by atoms with Crippen molar-refractivity contribution in [2.45, 2.75) is 52.0 Å². The standard InChI is InChI=1S/C22H25F3N6O/c1-12-5-7-15(8-6-12)18-9-19(22(23,24)25)31-20(28-18)17(11-27-31)21(32)26-10-16-13(2)29-30(4)14(16)3/h5-8,11,18-19,28H,9-10H2,1-4H3,(H,26,32)/t18-,19+/m0/s1. The van der Waals surface area contributed by atoms with Gasteiger partial charge in [-0.05, 0) is 26.3 Å². The van der Waals surface area contributed by atoms with E-state index in [4.69, 9.17) is 0 Å². The largest absolute Gasteiger partial charge is 0.410 e. The fourth-order valence-corrected chi connectivity index (χ4v) is 4.08. The second-order valence-electron chi connectivity index (χ2n) is 8.21. The molecule has 32 heavy (non-hydrogen) atoms. The van der Waals surface area contributed by atoms with Gasteiger partial charge in [0.15, 0.2) is 6.04 Å². The van der Waals surface area contributed by atoms with Gasteiger partial charge in [-0.25, -0.2) is 4.68 Å². The number of amides is 1. The predicted octanol–water partition coefficient (Wildman–Crippen LogP) is 4.13. The van der Waals surface area contributed by atoms with Crippen LogP contribution in [0.4, 0.5) is 19.0 Å². The minimum absolute atomic E-state index is 0.0706. The fourth-order valence-electron chi connectivity index (χ4n) is 4.08. The summed E-state index contributed by atoms with van der Waals surface area (Å²) in [4.78, 5) is 12.9. The van der Waals surface area contributed by atoms with Crippen molar-refractivity contribution in [2.24, 2.45) is 7.05 Å². The number of halogens is 3. The summed E-state index contributed by atoms with van der Waals surface area (Å²) in [6.45, 7) is 5.88. The highest BCUT2D eigenvalue weighted by molar-refractivity contribution is 5.98. The number of carbonyl (C=O) groups excluding carboxylic acids is 1. The van der Waals surface area contributed by atoms with E-state index in [0.29, 0.717) is 0 Å². The molecule has 2 N–H and O–H groups in total. The summed E-state index contributed by atoms with van der Waals surface area (Å²) in [7, 11) is 1.81. The summed E-state index contributed by atoms with van der Waals surface area (Å²) in [6, 6.07) is 4.91. The summed E-state index contributed by atoms with van der Waals surface area (Å²) in [6.07, 6.45) is -3.52. The smallest absolute Gasteiger partial charge is 0.363 e. The maximum atomic E-state index is 13.8. The summed E-state index contributed by atoms with van der Waals surface area (Å²) >= 11 is 0. The van der Waals surface area contributed by atoms with Gasteiger partial charge in [0.1, 0.15) is 11.4 Å². The van der Waals surface area contributed by atoms with Crippen LogP contribution < -0.4 is 10.6 Å². The topological polar surface area (TPSA) is 76.8 Å². The Morgan fingerprint density at radius 1 is 1.22 bits per heavy atom. The van der Waals surface area contributed by atoms with Crippen LogP contribution in [0.25, 0.3) is 0 Å². The van der Waals surface area contributed by atoms with Crippen molar-refractivity contribution in [3.05, 3.63) is 64.1 Å². The van der Waals surface area contributed by atoms with E-state index in [1.807, 2.05) is 40.0 Å². The number of nitrogens with zero attached hydrogens (tertiary/aromatic N) is 4. The molecule has 7 nitrogen and oxygen atoms in total. The lowest BCUT2D eigenvalue weighted by molar-refractivity contribution is -0.173. The molecule has 3 aromatic rings. The van der Waals surface area contributed by atoms with Crippen LogP contribution in [0.1, 0.15) is 56.9 Å². The Hall–Kier alpha value is -3.30. The van der Waals surface area contributed by atoms with E-state index in [2.05, 4.69) is 20.8 Å². The highest BCUT2D eigenvalue weighted by Gasteiger charge is 2.47. The Morgan fingerprint density at radius 2 is 1.91 bits per heavy atom. The van der Waals surface area contributed by atoms with Gasteiger partial charge in [-0.1, -0.05) is 29.8 Å². The van der Waals surface area contributed by atoms with Gasteiger partial charge in [0.25, 0.3) is 5.91 Å². The zero-order valence-corrected chi connectivity index (χ0v) is 18.3. The fraction of sp³-hybridized carbons (Fsp3) is 0.409. The third-order valence-corrected chi connectivity index (χ3v) is 6.05. The maximum Gasteiger partial charge on any atom is 0.410 e. The van der Waals surface area contributed by atoms with Crippen molar-refractivity contribution in [1.29, 1.82) is 0 Å². The number of aryl methyl sites for hydroxylation is 3. The number of anilines is 1. The molecule has 0 aliphatic carbocycles. The van der Waals surface area contributed by atoms with Crippen molar-refractivity contribution >= 4 is 11.7 Å². The van der Waals surface area contributed by atoms with Gasteiger partial charge in [0.2, 0.25) is 0 Å². The van der Waals surface area contributed by atoms with Crippen LogP contribution in [0, 0.1) is 20.8 Å². The molecule has 0 spiro atoms. The van der Waals surface area contributed by atoms with Crippen molar-refractivity contribution in [1.82, 2.24) is 24.9 Å². The van der Waals surface area contributed by atoms with Gasteiger partial charge in [0, 0.05) is 31.3 Å². The molecule has 2 aromatic heterocycles. The molecule has 1 aliphatic rings. The first-order valence-electron chi connectivity index (χ1n) is 10.3. The molecule has 10 heteroatoms. The van der Waals surface area contributed by atoms with Gasteiger partial charge >= 0.3 is 6.18 Å². The predicted molar refractivity (Wildman–Crippen MR) is 113 cm³/mol. The number of rotatable bonds is 4. The molecule has 170 valence electrons. The lowest BCUT2D eigenvalue weighted by Gasteiger charge is -2.34. The first-order valence-corrected chi connectivity index (χ1v) is 10.3. The van der Waals surface area contributed by atoms with Crippen LogP contribution in [0.5, 0.6) is 0 Å². The quantitative estimate of drug-likeness (QED) is 0.632. The molecule has 0 bridgehead atoms. The minimum Gasteiger partial charge on any atom is -0.363 e. The second kappa shape index (κ2) is 7.99. The Kier molecular flexibility index (Phi) is 5.47. The summed E-state index contributed by atoms with van der Waals surface area (Å²) in [5, 5.41) is 14.1. The molecule has 2 atom stereocenters. The molecule has 0 fully saturated rings. The molecule has 0 unspecified atom stereocenters. The lowest BCUT2D eigenvalue weighted by Crippen LogP contribution is -2.36. The van der Waals surface area contributed by atoms with E-state index in [0.717, 1.165) is 32.8 Å². The Morgan fingerprint density at radius 3 is 2.50 bits per heavy atom. The monoisotopic (exact) mass is 446 g/mol. The van der Waals surface area contributed by atoms with E-state index in [1.165, 1.54) is 6.20 Å². The zero-order chi connectivity index (χ0) is 23.2. The number of aromatic nitrogens is 4. The maximum absolute atomic E-state index is 13.8. The van der Waals surface area contributed by atoms with E-state index in [9.17, 15) is 18.0 Å². The van der Waals surface area contributed by atoms with Gasteiger partial charge in [-0.2, -0.15) is 23.4 Å². The van der Waals surface area contributed by atoms with E-state index in [-0.39, 0.29) is 24.3 Å². The molecule has 0 saturated heterocycles. The number of hydrogen-bond donors (Lipinski definition) is 2. The Bertz CT molecular complexity index is 1150. The SMILES string of the molecule is Cc1ccc([C@@H]2C[C@H](C(F)(F)F)n3ncc(C(=O)NCc4c(C)nn(C)c4C)c3N2)cc1. The molecule has 0 saturated carbocycles.